The van der Waals surface area contributed by atoms with E-state index in [1.807, 2.05) is 28.8 Å². The molecule has 2 aromatic heterocycles. The molecular formula is C23H30N4O2S. The number of benzene rings is 1. The zero-order valence-electron chi connectivity index (χ0n) is 18.1. The highest BCUT2D eigenvalue weighted by Crippen LogP contribution is 2.26. The summed E-state index contributed by atoms with van der Waals surface area (Å²) in [7, 11) is 0. The minimum absolute atomic E-state index is 0.0147. The lowest BCUT2D eigenvalue weighted by Crippen LogP contribution is -2.34. The van der Waals surface area contributed by atoms with Crippen molar-refractivity contribution in [2.45, 2.75) is 58.3 Å². The van der Waals surface area contributed by atoms with E-state index in [2.05, 4.69) is 55.3 Å². The Hall–Kier alpha value is -2.54. The van der Waals surface area contributed by atoms with Gasteiger partial charge in [-0.25, -0.2) is 0 Å². The number of nitrogens with one attached hydrogen (secondary N) is 1. The number of amides is 1. The molecule has 0 radical (unpaired) electrons. The lowest BCUT2D eigenvalue weighted by atomic mass is 10.0. The van der Waals surface area contributed by atoms with Crippen molar-refractivity contribution in [2.75, 3.05) is 5.75 Å². The first kappa shape index (κ1) is 22.2. The Kier molecular flexibility index (Phi) is 7.74. The van der Waals surface area contributed by atoms with Crippen molar-refractivity contribution in [3.05, 3.63) is 54.0 Å². The Bertz CT molecular complexity index is 950. The maximum Gasteiger partial charge on any atom is 0.230 e. The maximum atomic E-state index is 12.4. The van der Waals surface area contributed by atoms with E-state index in [9.17, 15) is 4.79 Å². The molecule has 2 heterocycles. The van der Waals surface area contributed by atoms with Crippen molar-refractivity contribution in [1.29, 1.82) is 0 Å². The predicted octanol–water partition coefficient (Wildman–Crippen LogP) is 4.93. The molecule has 1 atom stereocenters. The van der Waals surface area contributed by atoms with Crippen LogP contribution in [0.2, 0.25) is 0 Å². The molecule has 0 aliphatic carbocycles. The molecule has 0 saturated carbocycles. The van der Waals surface area contributed by atoms with E-state index in [0.29, 0.717) is 23.4 Å². The summed E-state index contributed by atoms with van der Waals surface area (Å²) < 4.78 is 7.54. The first-order valence-corrected chi connectivity index (χ1v) is 11.4. The highest BCUT2D eigenvalue weighted by atomic mass is 32.2. The third-order valence-electron chi connectivity index (χ3n) is 4.80. The summed E-state index contributed by atoms with van der Waals surface area (Å²) in [6.07, 6.45) is 3.75. The third kappa shape index (κ3) is 6.23. The van der Waals surface area contributed by atoms with Gasteiger partial charge in [0.1, 0.15) is 5.76 Å². The zero-order chi connectivity index (χ0) is 21.5. The molecule has 30 heavy (non-hydrogen) atoms. The molecule has 0 bridgehead atoms. The summed E-state index contributed by atoms with van der Waals surface area (Å²) >= 11 is 1.40. The second-order valence-corrected chi connectivity index (χ2v) is 9.01. The van der Waals surface area contributed by atoms with E-state index < -0.39 is 0 Å². The Morgan fingerprint density at radius 2 is 2.00 bits per heavy atom. The van der Waals surface area contributed by atoms with Gasteiger partial charge in [-0.3, -0.25) is 9.36 Å². The van der Waals surface area contributed by atoms with Crippen molar-refractivity contribution in [1.82, 2.24) is 20.1 Å². The van der Waals surface area contributed by atoms with E-state index >= 15 is 0 Å². The Morgan fingerprint density at radius 1 is 1.17 bits per heavy atom. The maximum absolute atomic E-state index is 12.4. The van der Waals surface area contributed by atoms with Gasteiger partial charge in [0.15, 0.2) is 11.0 Å². The number of aryl methyl sites for hydroxylation is 1. The molecule has 1 amide bonds. The fourth-order valence-electron chi connectivity index (χ4n) is 3.20. The van der Waals surface area contributed by atoms with E-state index in [-0.39, 0.29) is 11.9 Å². The molecule has 160 valence electrons. The smallest absolute Gasteiger partial charge is 0.230 e. The summed E-state index contributed by atoms with van der Waals surface area (Å²) in [5.74, 6) is 2.54. The zero-order valence-corrected chi connectivity index (χ0v) is 18.9. The molecule has 1 aromatic carbocycles. The van der Waals surface area contributed by atoms with E-state index in [4.69, 9.17) is 4.42 Å². The van der Waals surface area contributed by atoms with Crippen LogP contribution in [-0.4, -0.2) is 32.5 Å². The fourth-order valence-corrected chi connectivity index (χ4v) is 3.95. The van der Waals surface area contributed by atoms with Gasteiger partial charge in [0.05, 0.1) is 18.6 Å². The average molecular weight is 427 g/mol. The molecule has 7 heteroatoms. The van der Waals surface area contributed by atoms with Gasteiger partial charge < -0.3 is 9.73 Å². The summed E-state index contributed by atoms with van der Waals surface area (Å²) in [6.45, 7) is 9.01. The summed E-state index contributed by atoms with van der Waals surface area (Å²) in [5, 5.41) is 12.6. The number of carbonyl (C=O) groups excluding carboxylic acids is 1. The van der Waals surface area contributed by atoms with Gasteiger partial charge in [-0.05, 0) is 50.8 Å². The first-order chi connectivity index (χ1) is 14.4. The van der Waals surface area contributed by atoms with Crippen LogP contribution in [0.4, 0.5) is 0 Å². The van der Waals surface area contributed by atoms with Crippen LogP contribution < -0.4 is 5.32 Å². The van der Waals surface area contributed by atoms with Crippen LogP contribution in [0.25, 0.3) is 11.4 Å². The number of rotatable bonds is 10. The molecule has 0 aliphatic rings. The first-order valence-electron chi connectivity index (χ1n) is 10.4. The molecule has 3 rings (SSSR count). The van der Waals surface area contributed by atoms with E-state index in [1.54, 1.807) is 6.26 Å². The number of hydrogen-bond acceptors (Lipinski definition) is 5. The minimum Gasteiger partial charge on any atom is -0.467 e. The fraction of sp³-hybridized carbons (Fsp3) is 0.435. The number of carbonyl (C=O) groups is 1. The van der Waals surface area contributed by atoms with Gasteiger partial charge in [0.2, 0.25) is 5.91 Å². The monoisotopic (exact) mass is 426 g/mol. The molecule has 0 aliphatic heterocycles. The summed E-state index contributed by atoms with van der Waals surface area (Å²) in [5.41, 5.74) is 2.15. The van der Waals surface area contributed by atoms with Crippen LogP contribution in [0.3, 0.4) is 0 Å². The summed E-state index contributed by atoms with van der Waals surface area (Å²) in [6, 6.07) is 12.1. The van der Waals surface area contributed by atoms with Gasteiger partial charge in [-0.15, -0.1) is 10.2 Å². The minimum atomic E-state index is 0.0147. The van der Waals surface area contributed by atoms with Crippen molar-refractivity contribution in [2.24, 2.45) is 5.92 Å². The lowest BCUT2D eigenvalue weighted by Gasteiger charge is -2.15. The van der Waals surface area contributed by atoms with Gasteiger partial charge >= 0.3 is 0 Å². The Balaban J connectivity index is 1.72. The average Bonchev–Trinajstić information content (AvgIpc) is 3.35. The number of hydrogen-bond donors (Lipinski definition) is 1. The highest BCUT2D eigenvalue weighted by Gasteiger charge is 2.17. The number of furan rings is 1. The van der Waals surface area contributed by atoms with Gasteiger partial charge in [0.25, 0.3) is 0 Å². The van der Waals surface area contributed by atoms with Crippen LogP contribution in [0.15, 0.2) is 52.2 Å². The lowest BCUT2D eigenvalue weighted by molar-refractivity contribution is -0.119. The van der Waals surface area contributed by atoms with Gasteiger partial charge in [-0.2, -0.15) is 0 Å². The Morgan fingerprint density at radius 3 is 2.70 bits per heavy atom. The van der Waals surface area contributed by atoms with Crippen LogP contribution in [0.5, 0.6) is 0 Å². The van der Waals surface area contributed by atoms with Crippen molar-refractivity contribution in [3.63, 3.8) is 0 Å². The highest BCUT2D eigenvalue weighted by molar-refractivity contribution is 7.99. The molecule has 0 spiro atoms. The normalized spacial score (nSPS) is 12.3. The van der Waals surface area contributed by atoms with Crippen LogP contribution in [0.1, 0.15) is 44.9 Å². The predicted molar refractivity (Wildman–Crippen MR) is 120 cm³/mol. The number of nitrogens with zero attached hydrogens (tertiary/aromatic N) is 3. The molecular weight excluding hydrogens is 396 g/mol. The van der Waals surface area contributed by atoms with Crippen molar-refractivity contribution in [3.8, 4) is 11.4 Å². The van der Waals surface area contributed by atoms with Gasteiger partial charge in [0, 0.05) is 11.6 Å². The molecule has 1 N–H and O–H groups in total. The second kappa shape index (κ2) is 10.5. The Labute approximate surface area is 182 Å². The molecule has 3 aromatic rings. The molecule has 0 saturated heterocycles. The second-order valence-electron chi connectivity index (χ2n) is 8.07. The SMILES string of the molecule is Cc1cccc(-c2nnc(SCC(=O)N[C@@H](C)CCC(C)C)n2Cc2ccco2)c1. The number of aromatic nitrogens is 3. The van der Waals surface area contributed by atoms with Crippen molar-refractivity contribution >= 4 is 17.7 Å². The molecule has 6 nitrogen and oxygen atoms in total. The van der Waals surface area contributed by atoms with Crippen molar-refractivity contribution < 1.29 is 9.21 Å². The van der Waals surface area contributed by atoms with Gasteiger partial charge in [-0.1, -0.05) is 49.4 Å². The van der Waals surface area contributed by atoms with E-state index in [0.717, 1.165) is 35.6 Å². The quantitative estimate of drug-likeness (QED) is 0.466. The topological polar surface area (TPSA) is 73.0 Å². The standard InChI is InChI=1S/C23H30N4O2S/c1-16(2)10-11-18(4)24-21(28)15-30-23-26-25-22(19-8-5-7-17(3)13-19)27(23)14-20-9-6-12-29-20/h5-9,12-13,16,18H,10-11,14-15H2,1-4H3,(H,24,28)/t18-/m0/s1. The number of thioether (sulfide) groups is 1. The third-order valence-corrected chi connectivity index (χ3v) is 5.77. The van der Waals surface area contributed by atoms with Crippen LogP contribution in [-0.2, 0) is 11.3 Å². The van der Waals surface area contributed by atoms with Crippen LogP contribution >= 0.6 is 11.8 Å². The van der Waals surface area contributed by atoms with Crippen LogP contribution in [0, 0.1) is 12.8 Å². The molecule has 0 fully saturated rings. The summed E-state index contributed by atoms with van der Waals surface area (Å²) in [4.78, 5) is 12.4. The van der Waals surface area contributed by atoms with E-state index in [1.165, 1.54) is 11.8 Å². The molecule has 0 unspecified atom stereocenters. The largest absolute Gasteiger partial charge is 0.467 e.